The van der Waals surface area contributed by atoms with E-state index in [1.54, 1.807) is 0 Å². The maximum Gasteiger partial charge on any atom is 0.268 e. The van der Waals surface area contributed by atoms with E-state index in [2.05, 4.69) is 16.5 Å². The molecule has 0 radical (unpaired) electrons. The van der Waals surface area contributed by atoms with Gasteiger partial charge in [0.15, 0.2) is 0 Å². The topological polar surface area (TPSA) is 85.6 Å². The number of carbonyl (C=O) groups excluding carboxylic acids is 2. The summed E-state index contributed by atoms with van der Waals surface area (Å²) in [7, 11) is 0. The zero-order valence-corrected chi connectivity index (χ0v) is 14.3. The fourth-order valence-electron chi connectivity index (χ4n) is 2.55. The number of benzene rings is 1. The number of aryl methyl sites for hydroxylation is 2. The van der Waals surface area contributed by atoms with Crippen LogP contribution < -0.4 is 10.3 Å². The molecule has 0 aliphatic carbocycles. The number of hydrogen-bond donors (Lipinski definition) is 1. The Hall–Kier alpha value is -2.68. The Morgan fingerprint density at radius 3 is 2.83 bits per heavy atom. The van der Waals surface area contributed by atoms with E-state index < -0.39 is 6.04 Å². The summed E-state index contributed by atoms with van der Waals surface area (Å²) in [6.07, 6.45) is 1.91. The Bertz CT molecular complexity index is 718. The molecule has 0 saturated carbocycles. The highest BCUT2D eigenvalue weighted by atomic mass is 16.2. The Labute approximate surface area is 142 Å². The predicted molar refractivity (Wildman–Crippen MR) is 92.5 cm³/mol. The molecule has 6 heteroatoms. The average Bonchev–Trinajstić information content (AvgIpc) is 2.57. The van der Waals surface area contributed by atoms with Gasteiger partial charge in [0.25, 0.3) is 5.91 Å². The molecule has 1 aliphatic heterocycles. The van der Waals surface area contributed by atoms with Gasteiger partial charge in [0.2, 0.25) is 5.91 Å². The molecule has 0 saturated heterocycles. The van der Waals surface area contributed by atoms with Gasteiger partial charge in [-0.1, -0.05) is 25.5 Å². The summed E-state index contributed by atoms with van der Waals surface area (Å²) in [4.78, 5) is 24.6. The van der Waals surface area contributed by atoms with Crippen molar-refractivity contribution >= 4 is 23.2 Å². The molecule has 1 atom stereocenters. The van der Waals surface area contributed by atoms with Gasteiger partial charge in [-0.05, 0) is 37.5 Å². The number of rotatable bonds is 5. The van der Waals surface area contributed by atoms with E-state index in [4.69, 9.17) is 5.26 Å². The molecule has 2 rings (SSSR count). The zero-order valence-electron chi connectivity index (χ0n) is 14.3. The first kappa shape index (κ1) is 17.7. The van der Waals surface area contributed by atoms with E-state index in [0.717, 1.165) is 17.5 Å². The van der Waals surface area contributed by atoms with Crippen LogP contribution in [0.25, 0.3) is 0 Å². The van der Waals surface area contributed by atoms with Crippen molar-refractivity contribution in [3.63, 3.8) is 0 Å². The molecule has 2 amide bonds. The van der Waals surface area contributed by atoms with E-state index >= 15 is 0 Å². The fraction of sp³-hybridized carbons (Fsp3) is 0.444. The lowest BCUT2D eigenvalue weighted by molar-refractivity contribution is -0.119. The second-order valence-corrected chi connectivity index (χ2v) is 5.99. The van der Waals surface area contributed by atoms with Gasteiger partial charge < -0.3 is 5.32 Å². The number of carbonyl (C=O) groups is 2. The lowest BCUT2D eigenvalue weighted by atomic mass is 10.1. The average molecular weight is 326 g/mol. The third-order valence-corrected chi connectivity index (χ3v) is 3.93. The van der Waals surface area contributed by atoms with Crippen LogP contribution >= 0.6 is 0 Å². The van der Waals surface area contributed by atoms with Gasteiger partial charge in [0.05, 0.1) is 11.8 Å². The number of hydrogen-bond acceptors (Lipinski definition) is 4. The summed E-state index contributed by atoms with van der Waals surface area (Å²) >= 11 is 0. The Balaban J connectivity index is 2.26. The molecule has 1 N–H and O–H groups in total. The van der Waals surface area contributed by atoms with Gasteiger partial charge in [-0.15, -0.1) is 0 Å². The summed E-state index contributed by atoms with van der Waals surface area (Å²) in [6, 6.07) is 7.32. The molecule has 1 aliphatic rings. The Kier molecular flexibility index (Phi) is 5.69. The van der Waals surface area contributed by atoms with Crippen molar-refractivity contribution in [2.24, 2.45) is 5.10 Å². The van der Waals surface area contributed by atoms with Crippen molar-refractivity contribution in [1.29, 1.82) is 5.26 Å². The van der Waals surface area contributed by atoms with Gasteiger partial charge in [-0.3, -0.25) is 9.59 Å². The van der Waals surface area contributed by atoms with Crippen molar-refractivity contribution in [3.8, 4) is 6.07 Å². The largest absolute Gasteiger partial charge is 0.335 e. The highest BCUT2D eigenvalue weighted by Crippen LogP contribution is 2.25. The third kappa shape index (κ3) is 3.99. The van der Waals surface area contributed by atoms with E-state index in [1.807, 2.05) is 39.0 Å². The predicted octanol–water partition coefficient (Wildman–Crippen LogP) is 2.59. The lowest BCUT2D eigenvalue weighted by Gasteiger charge is -2.25. The van der Waals surface area contributed by atoms with Crippen LogP contribution in [0, 0.1) is 25.2 Å². The van der Waals surface area contributed by atoms with Crippen molar-refractivity contribution in [2.75, 3.05) is 5.01 Å². The molecule has 1 aromatic carbocycles. The van der Waals surface area contributed by atoms with E-state index in [1.165, 1.54) is 5.01 Å². The molecule has 6 nitrogen and oxygen atoms in total. The normalized spacial score (nSPS) is 15.5. The van der Waals surface area contributed by atoms with Crippen LogP contribution in [0.5, 0.6) is 0 Å². The molecule has 0 spiro atoms. The second kappa shape index (κ2) is 7.73. The number of anilines is 1. The Morgan fingerprint density at radius 1 is 1.42 bits per heavy atom. The van der Waals surface area contributed by atoms with Crippen molar-refractivity contribution in [3.05, 3.63) is 29.3 Å². The highest BCUT2D eigenvalue weighted by molar-refractivity contribution is 6.40. The zero-order chi connectivity index (χ0) is 17.7. The molecule has 0 fully saturated rings. The van der Waals surface area contributed by atoms with Gasteiger partial charge in [-0.2, -0.15) is 10.4 Å². The van der Waals surface area contributed by atoms with Crippen LogP contribution in [0.2, 0.25) is 0 Å². The summed E-state index contributed by atoms with van der Waals surface area (Å²) in [5, 5.41) is 17.3. The minimum absolute atomic E-state index is 0.134. The molecule has 1 heterocycles. The first-order chi connectivity index (χ1) is 11.5. The number of nitrogens with one attached hydrogen (secondary N) is 1. The maximum absolute atomic E-state index is 12.3. The van der Waals surface area contributed by atoms with Gasteiger partial charge in [-0.25, -0.2) is 5.01 Å². The van der Waals surface area contributed by atoms with E-state index in [0.29, 0.717) is 12.1 Å². The molecule has 0 aromatic heterocycles. The highest BCUT2D eigenvalue weighted by Gasteiger charge is 2.27. The molecular weight excluding hydrogens is 304 g/mol. The summed E-state index contributed by atoms with van der Waals surface area (Å²) in [5.74, 6) is -0.511. The van der Waals surface area contributed by atoms with Crippen molar-refractivity contribution in [1.82, 2.24) is 5.32 Å². The van der Waals surface area contributed by atoms with Crippen molar-refractivity contribution < 1.29 is 9.59 Å². The lowest BCUT2D eigenvalue weighted by Crippen LogP contribution is -2.42. The monoisotopic (exact) mass is 326 g/mol. The molecule has 24 heavy (non-hydrogen) atoms. The van der Waals surface area contributed by atoms with Gasteiger partial charge in [0, 0.05) is 12.8 Å². The molecular formula is C18H22N4O2. The quantitative estimate of drug-likeness (QED) is 0.902. The SMILES string of the molecule is CCC[C@H](C#N)NC(=O)C1=NN(c2cc(C)ccc2C)C(=O)CC1. The van der Waals surface area contributed by atoms with Crippen LogP contribution in [0.4, 0.5) is 5.69 Å². The number of amides is 2. The van der Waals surface area contributed by atoms with Crippen LogP contribution in [-0.2, 0) is 9.59 Å². The minimum Gasteiger partial charge on any atom is -0.335 e. The minimum atomic E-state index is -0.531. The van der Waals surface area contributed by atoms with Crippen LogP contribution in [0.3, 0.4) is 0 Å². The van der Waals surface area contributed by atoms with E-state index in [-0.39, 0.29) is 30.4 Å². The fourth-order valence-corrected chi connectivity index (χ4v) is 2.55. The first-order valence-electron chi connectivity index (χ1n) is 8.14. The Morgan fingerprint density at radius 2 is 2.17 bits per heavy atom. The summed E-state index contributed by atoms with van der Waals surface area (Å²) in [5.41, 5.74) is 2.91. The van der Waals surface area contributed by atoms with E-state index in [9.17, 15) is 9.59 Å². The van der Waals surface area contributed by atoms with Crippen LogP contribution in [0.1, 0.15) is 43.7 Å². The number of hydrazone groups is 1. The first-order valence-corrected chi connectivity index (χ1v) is 8.14. The van der Waals surface area contributed by atoms with Gasteiger partial charge in [0.1, 0.15) is 11.8 Å². The van der Waals surface area contributed by atoms with Crippen LogP contribution in [-0.4, -0.2) is 23.6 Å². The molecule has 0 unspecified atom stereocenters. The standard InChI is InChI=1S/C18H22N4O2/c1-4-5-14(11-19)20-18(24)15-8-9-17(23)22(21-15)16-10-12(2)6-7-13(16)3/h6-7,10,14H,4-5,8-9H2,1-3H3,(H,20,24)/t14-/m1/s1. The number of nitriles is 1. The third-order valence-electron chi connectivity index (χ3n) is 3.93. The van der Waals surface area contributed by atoms with Crippen LogP contribution in [0.15, 0.2) is 23.3 Å². The molecule has 1 aromatic rings. The smallest absolute Gasteiger partial charge is 0.268 e. The van der Waals surface area contributed by atoms with Gasteiger partial charge >= 0.3 is 0 Å². The maximum atomic E-state index is 12.3. The molecule has 126 valence electrons. The van der Waals surface area contributed by atoms with Crippen molar-refractivity contribution in [2.45, 2.75) is 52.5 Å². The second-order valence-electron chi connectivity index (χ2n) is 5.99. The summed E-state index contributed by atoms with van der Waals surface area (Å²) < 4.78 is 0. The number of nitrogens with zero attached hydrogens (tertiary/aromatic N) is 3. The molecule has 0 bridgehead atoms. The summed E-state index contributed by atoms with van der Waals surface area (Å²) in [6.45, 7) is 5.80.